The lowest BCUT2D eigenvalue weighted by atomic mass is 10.0. The van der Waals surface area contributed by atoms with E-state index in [1.165, 1.54) is 29.1 Å². The predicted octanol–water partition coefficient (Wildman–Crippen LogP) is 4.95. The van der Waals surface area contributed by atoms with Gasteiger partial charge in [0.1, 0.15) is 11.4 Å². The maximum Gasteiger partial charge on any atom is 0.490 e. The molecule has 2 aromatic heterocycles. The summed E-state index contributed by atoms with van der Waals surface area (Å²) in [5.74, 6) is -4.08. The first-order valence-corrected chi connectivity index (χ1v) is 14.9. The Morgan fingerprint density at radius 2 is 1.68 bits per heavy atom. The molecule has 234 valence electrons. The second-order valence-electron chi connectivity index (χ2n) is 9.44. The molecule has 0 atom stereocenters. The molecule has 1 saturated heterocycles. The number of aromatic nitrogens is 3. The van der Waals surface area contributed by atoms with Gasteiger partial charge in [-0.3, -0.25) is 9.71 Å². The first kappa shape index (κ1) is 32.6. The van der Waals surface area contributed by atoms with Crippen molar-refractivity contribution in [2.45, 2.75) is 6.18 Å². The third kappa shape index (κ3) is 8.00. The van der Waals surface area contributed by atoms with Crippen LogP contribution in [-0.2, 0) is 14.8 Å². The van der Waals surface area contributed by atoms with Crippen LogP contribution >= 0.6 is 11.6 Å². The minimum Gasteiger partial charge on any atom is -0.475 e. The Hall–Kier alpha value is -4.28. The van der Waals surface area contributed by atoms with Gasteiger partial charge in [-0.15, -0.1) is 0 Å². The number of nitrogens with zero attached hydrogens (tertiary/aromatic N) is 4. The molecule has 0 amide bonds. The lowest BCUT2D eigenvalue weighted by Crippen LogP contribution is -2.43. The fraction of sp³-hybridized carbons (Fsp3) is 0.222. The molecule has 10 nitrogen and oxygen atoms in total. The number of alkyl halides is 3. The molecule has 3 N–H and O–H groups in total. The molecule has 1 fully saturated rings. The SMILES string of the molecule is CS(=O)(=O)Nc1cc(Cl)cc(-c2cn(-c3ccc(N4CCNCC4)cc3F)nc2-c2ccncc2)c1F.O=C(O)C(F)(F)F. The number of piperazine rings is 1. The summed E-state index contributed by atoms with van der Waals surface area (Å²) in [6, 6.07) is 10.9. The highest BCUT2D eigenvalue weighted by Gasteiger charge is 2.38. The molecular weight excluding hydrogens is 635 g/mol. The van der Waals surface area contributed by atoms with Gasteiger partial charge in [0, 0.05) is 72.2 Å². The molecule has 0 radical (unpaired) electrons. The molecule has 0 unspecified atom stereocenters. The number of pyridine rings is 1. The summed E-state index contributed by atoms with van der Waals surface area (Å²) in [7, 11) is -3.77. The van der Waals surface area contributed by atoms with Crippen LogP contribution in [0.15, 0.2) is 61.1 Å². The van der Waals surface area contributed by atoms with E-state index < -0.39 is 33.8 Å². The second kappa shape index (κ2) is 13.2. The summed E-state index contributed by atoms with van der Waals surface area (Å²) in [5, 5.41) is 15.1. The minimum absolute atomic E-state index is 0.00885. The van der Waals surface area contributed by atoms with E-state index in [0.717, 1.165) is 38.1 Å². The number of hydrogen-bond donors (Lipinski definition) is 3. The monoisotopic (exact) mass is 658 g/mol. The molecule has 2 aromatic carbocycles. The Bertz CT molecular complexity index is 1760. The summed E-state index contributed by atoms with van der Waals surface area (Å²) in [6.45, 7) is 3.19. The molecule has 17 heteroatoms. The van der Waals surface area contributed by atoms with Crippen molar-refractivity contribution in [1.82, 2.24) is 20.1 Å². The lowest BCUT2D eigenvalue weighted by Gasteiger charge is -2.29. The molecule has 5 rings (SSSR count). The highest BCUT2D eigenvalue weighted by molar-refractivity contribution is 7.92. The smallest absolute Gasteiger partial charge is 0.475 e. The zero-order chi connectivity index (χ0) is 32.2. The van der Waals surface area contributed by atoms with Gasteiger partial charge >= 0.3 is 12.1 Å². The van der Waals surface area contributed by atoms with Crippen molar-refractivity contribution in [1.29, 1.82) is 0 Å². The standard InChI is InChI=1S/C25H23ClF2N6O2S.C2HF3O2/c1-37(35,36)32-22-13-17(26)12-19(24(22)28)20-15-34(31-25(20)16-4-6-29-7-5-16)23-3-2-18(14-21(23)27)33-10-8-30-9-11-33;3-2(4,5)1(6)7/h2-7,12-15,30,32H,8-11H2,1H3;(H,6,7). The second-order valence-corrected chi connectivity index (χ2v) is 11.6. The maximum absolute atomic E-state index is 15.6. The van der Waals surface area contributed by atoms with Crippen LogP contribution in [0.4, 0.5) is 33.3 Å². The fourth-order valence-electron chi connectivity index (χ4n) is 4.28. The predicted molar refractivity (Wildman–Crippen MR) is 154 cm³/mol. The summed E-state index contributed by atoms with van der Waals surface area (Å²) in [6.07, 6.45) is 0.454. The van der Waals surface area contributed by atoms with Crippen LogP contribution in [0.3, 0.4) is 0 Å². The van der Waals surface area contributed by atoms with Crippen LogP contribution < -0.4 is 14.9 Å². The van der Waals surface area contributed by atoms with Crippen LogP contribution in [0.2, 0.25) is 5.02 Å². The van der Waals surface area contributed by atoms with Crippen LogP contribution in [-0.4, -0.2) is 72.9 Å². The fourth-order valence-corrected chi connectivity index (χ4v) is 5.04. The quantitative estimate of drug-likeness (QED) is 0.248. The number of carbonyl (C=O) groups is 1. The van der Waals surface area contributed by atoms with Crippen LogP contribution in [0.1, 0.15) is 0 Å². The zero-order valence-electron chi connectivity index (χ0n) is 22.7. The number of sulfonamides is 1. The van der Waals surface area contributed by atoms with Gasteiger partial charge in [0.15, 0.2) is 11.6 Å². The normalized spacial score (nSPS) is 13.7. The van der Waals surface area contributed by atoms with E-state index >= 15 is 8.78 Å². The topological polar surface area (TPSA) is 129 Å². The van der Waals surface area contributed by atoms with E-state index in [2.05, 4.69) is 25.0 Å². The van der Waals surface area contributed by atoms with Gasteiger partial charge in [0.2, 0.25) is 10.0 Å². The summed E-state index contributed by atoms with van der Waals surface area (Å²) in [4.78, 5) is 15.0. The van der Waals surface area contributed by atoms with Crippen LogP contribution in [0.25, 0.3) is 28.1 Å². The third-order valence-corrected chi connectivity index (χ3v) is 7.00. The Kier molecular flexibility index (Phi) is 9.75. The summed E-state index contributed by atoms with van der Waals surface area (Å²) >= 11 is 6.23. The van der Waals surface area contributed by atoms with E-state index in [1.54, 1.807) is 30.6 Å². The molecule has 1 aliphatic heterocycles. The Balaban J connectivity index is 0.000000566. The maximum atomic E-state index is 15.6. The van der Waals surface area contributed by atoms with Crippen molar-refractivity contribution in [3.63, 3.8) is 0 Å². The third-order valence-electron chi connectivity index (χ3n) is 6.19. The number of carboxylic acid groups (broad SMARTS) is 1. The molecule has 44 heavy (non-hydrogen) atoms. The number of hydrogen-bond acceptors (Lipinski definition) is 7. The number of carboxylic acids is 1. The number of aliphatic carboxylic acids is 1. The number of nitrogens with one attached hydrogen (secondary N) is 2. The zero-order valence-corrected chi connectivity index (χ0v) is 24.3. The van der Waals surface area contributed by atoms with Crippen LogP contribution in [0, 0.1) is 11.6 Å². The molecule has 1 aliphatic rings. The molecule has 0 bridgehead atoms. The molecular formula is C27H24ClF5N6O4S. The van der Waals surface area contributed by atoms with E-state index in [4.69, 9.17) is 21.5 Å². The van der Waals surface area contributed by atoms with Gasteiger partial charge in [-0.1, -0.05) is 11.6 Å². The van der Waals surface area contributed by atoms with E-state index in [9.17, 15) is 21.6 Å². The van der Waals surface area contributed by atoms with Gasteiger partial charge in [0.05, 0.1) is 11.9 Å². The van der Waals surface area contributed by atoms with E-state index in [1.807, 2.05) is 6.07 Å². The minimum atomic E-state index is -5.08. The van der Waals surface area contributed by atoms with E-state index in [0.29, 0.717) is 16.8 Å². The van der Waals surface area contributed by atoms with E-state index in [-0.39, 0.29) is 22.0 Å². The number of benzene rings is 2. The lowest BCUT2D eigenvalue weighted by molar-refractivity contribution is -0.192. The van der Waals surface area contributed by atoms with Gasteiger partial charge in [-0.05, 0) is 42.5 Å². The molecule has 4 aromatic rings. The van der Waals surface area contributed by atoms with Gasteiger partial charge in [-0.2, -0.15) is 18.3 Å². The number of anilines is 2. The number of halogens is 6. The average Bonchev–Trinajstić information content (AvgIpc) is 3.40. The van der Waals surface area contributed by atoms with Crippen molar-refractivity contribution in [2.75, 3.05) is 42.1 Å². The van der Waals surface area contributed by atoms with Crippen molar-refractivity contribution in [3.05, 3.63) is 77.7 Å². The van der Waals surface area contributed by atoms with Crippen LogP contribution in [0.5, 0.6) is 0 Å². The van der Waals surface area contributed by atoms with Crippen molar-refractivity contribution < 1.29 is 40.3 Å². The largest absolute Gasteiger partial charge is 0.490 e. The average molecular weight is 659 g/mol. The molecule has 0 spiro atoms. The molecule has 0 saturated carbocycles. The van der Waals surface area contributed by atoms with Gasteiger partial charge in [0.25, 0.3) is 0 Å². The van der Waals surface area contributed by atoms with Gasteiger partial charge in [-0.25, -0.2) is 26.7 Å². The first-order chi connectivity index (χ1) is 20.6. The molecule has 3 heterocycles. The van der Waals surface area contributed by atoms with Crippen molar-refractivity contribution >= 4 is 39.0 Å². The van der Waals surface area contributed by atoms with Crippen molar-refractivity contribution in [3.8, 4) is 28.1 Å². The molecule has 0 aliphatic carbocycles. The summed E-state index contributed by atoms with van der Waals surface area (Å²) < 4.78 is 89.7. The summed E-state index contributed by atoms with van der Waals surface area (Å²) in [5.41, 5.74) is 1.91. The van der Waals surface area contributed by atoms with Gasteiger partial charge < -0.3 is 15.3 Å². The number of rotatable bonds is 6. The Labute approximate surface area is 253 Å². The first-order valence-electron chi connectivity index (χ1n) is 12.7. The Morgan fingerprint density at radius 1 is 1.05 bits per heavy atom. The Morgan fingerprint density at radius 3 is 2.25 bits per heavy atom. The van der Waals surface area contributed by atoms with Crippen molar-refractivity contribution in [2.24, 2.45) is 0 Å². The highest BCUT2D eigenvalue weighted by atomic mass is 35.5. The highest BCUT2D eigenvalue weighted by Crippen LogP contribution is 2.38.